The zero-order valence-corrected chi connectivity index (χ0v) is 20.4. The summed E-state index contributed by atoms with van der Waals surface area (Å²) < 4.78 is 33.3. The number of hydrogen-bond acceptors (Lipinski definition) is 7. The van der Waals surface area contributed by atoms with Gasteiger partial charge in [-0.15, -0.1) is 0 Å². The molecule has 0 spiro atoms. The van der Waals surface area contributed by atoms with Crippen LogP contribution in [0.4, 0.5) is 11.4 Å². The van der Waals surface area contributed by atoms with Gasteiger partial charge in [0, 0.05) is 39.3 Å². The van der Waals surface area contributed by atoms with Crippen LogP contribution in [-0.4, -0.2) is 74.5 Å². The molecule has 33 heavy (non-hydrogen) atoms. The number of sulfonamides is 1. The molecule has 1 aromatic heterocycles. The molecule has 3 heterocycles. The molecule has 9 nitrogen and oxygen atoms in total. The Bertz CT molecular complexity index is 1080. The number of piperidine rings is 1. The van der Waals surface area contributed by atoms with E-state index in [0.717, 1.165) is 57.7 Å². The predicted octanol–water partition coefficient (Wildman–Crippen LogP) is 2.86. The molecule has 1 amide bonds. The van der Waals surface area contributed by atoms with E-state index in [2.05, 4.69) is 27.2 Å². The van der Waals surface area contributed by atoms with Gasteiger partial charge in [-0.05, 0) is 51.4 Å². The summed E-state index contributed by atoms with van der Waals surface area (Å²) in [6, 6.07) is 5.08. The van der Waals surface area contributed by atoms with E-state index in [1.807, 2.05) is 6.07 Å². The van der Waals surface area contributed by atoms with Crippen LogP contribution in [0.25, 0.3) is 0 Å². The molecule has 0 aliphatic carbocycles. The van der Waals surface area contributed by atoms with Crippen LogP contribution in [0.5, 0.6) is 0 Å². The number of anilines is 2. The molecule has 0 saturated carbocycles. The van der Waals surface area contributed by atoms with Crippen LogP contribution in [0.1, 0.15) is 48.0 Å². The second-order valence-corrected chi connectivity index (χ2v) is 10.7. The number of piperazine rings is 1. The van der Waals surface area contributed by atoms with E-state index in [9.17, 15) is 13.2 Å². The summed E-state index contributed by atoms with van der Waals surface area (Å²) in [7, 11) is -3.63. The van der Waals surface area contributed by atoms with Gasteiger partial charge in [0.15, 0.2) is 0 Å². The number of amides is 1. The van der Waals surface area contributed by atoms with Crippen LogP contribution in [0.15, 0.2) is 27.6 Å². The number of rotatable bonds is 6. The van der Waals surface area contributed by atoms with Crippen LogP contribution < -0.4 is 10.2 Å². The van der Waals surface area contributed by atoms with Gasteiger partial charge in [0.05, 0.1) is 22.0 Å². The van der Waals surface area contributed by atoms with Crippen molar-refractivity contribution in [3.8, 4) is 0 Å². The van der Waals surface area contributed by atoms with Crippen LogP contribution in [0.2, 0.25) is 0 Å². The number of carbonyl (C=O) groups excluding carboxylic acids is 1. The molecule has 2 fully saturated rings. The van der Waals surface area contributed by atoms with Crippen molar-refractivity contribution in [3.05, 3.63) is 35.2 Å². The van der Waals surface area contributed by atoms with Gasteiger partial charge in [-0.2, -0.15) is 4.31 Å². The van der Waals surface area contributed by atoms with Crippen molar-refractivity contribution in [1.29, 1.82) is 0 Å². The Labute approximate surface area is 195 Å². The smallest absolute Gasteiger partial charge is 0.261 e. The largest absolute Gasteiger partial charge is 0.367 e. The minimum atomic E-state index is -3.63. The summed E-state index contributed by atoms with van der Waals surface area (Å²) in [5.41, 5.74) is 2.19. The zero-order valence-electron chi connectivity index (χ0n) is 19.6. The average Bonchev–Trinajstić information content (AvgIpc) is 3.17. The summed E-state index contributed by atoms with van der Waals surface area (Å²) in [5.74, 6) is 0.0763. The van der Waals surface area contributed by atoms with E-state index in [-0.39, 0.29) is 10.8 Å². The topological polar surface area (TPSA) is 99.0 Å². The molecule has 10 heteroatoms. The summed E-state index contributed by atoms with van der Waals surface area (Å²) >= 11 is 0. The second kappa shape index (κ2) is 9.82. The van der Waals surface area contributed by atoms with E-state index in [1.54, 1.807) is 30.3 Å². The van der Waals surface area contributed by atoms with Gasteiger partial charge in [-0.1, -0.05) is 18.5 Å². The van der Waals surface area contributed by atoms with Crippen molar-refractivity contribution in [1.82, 2.24) is 14.4 Å². The number of nitrogens with zero attached hydrogens (tertiary/aromatic N) is 4. The third-order valence-electron chi connectivity index (χ3n) is 6.59. The lowest BCUT2D eigenvalue weighted by atomic mass is 10.1. The van der Waals surface area contributed by atoms with E-state index in [0.29, 0.717) is 35.8 Å². The number of likely N-dealkylation sites (N-methyl/N-ethyl adjacent to an activating group) is 1. The van der Waals surface area contributed by atoms with Crippen molar-refractivity contribution in [3.63, 3.8) is 0 Å². The molecule has 1 N–H and O–H groups in total. The normalized spacial score (nSPS) is 18.5. The molecule has 0 unspecified atom stereocenters. The van der Waals surface area contributed by atoms with E-state index in [1.165, 1.54) is 0 Å². The van der Waals surface area contributed by atoms with Crippen molar-refractivity contribution in [2.45, 2.75) is 44.9 Å². The third-order valence-corrected chi connectivity index (χ3v) is 8.48. The molecule has 180 valence electrons. The standard InChI is InChI=1S/C23H33N5O4S/c1-4-26-12-14-27(15-13-26)21-9-8-19(33(30,31)28-10-6-5-7-11-28)16-20(21)24-23(29)22-17(2)25-32-18(22)3/h8-9,16H,4-7,10-15H2,1-3H3,(H,24,29). The van der Waals surface area contributed by atoms with Crippen molar-refractivity contribution in [2.75, 3.05) is 56.0 Å². The van der Waals surface area contributed by atoms with E-state index < -0.39 is 10.0 Å². The number of nitrogens with one attached hydrogen (secondary N) is 1. The maximum atomic E-state index is 13.3. The first kappa shape index (κ1) is 23.7. The Morgan fingerprint density at radius 2 is 1.76 bits per heavy atom. The molecule has 0 radical (unpaired) electrons. The third kappa shape index (κ3) is 4.92. The number of aromatic nitrogens is 1. The van der Waals surface area contributed by atoms with Gasteiger partial charge < -0.3 is 19.6 Å². The van der Waals surface area contributed by atoms with Gasteiger partial charge >= 0.3 is 0 Å². The van der Waals surface area contributed by atoms with Crippen LogP contribution in [0.3, 0.4) is 0 Å². The fourth-order valence-electron chi connectivity index (χ4n) is 4.60. The van der Waals surface area contributed by atoms with Crippen LogP contribution in [-0.2, 0) is 10.0 Å². The van der Waals surface area contributed by atoms with Gasteiger partial charge in [0.25, 0.3) is 5.91 Å². The lowest BCUT2D eigenvalue weighted by Crippen LogP contribution is -2.46. The molecule has 1 aromatic carbocycles. The minimum Gasteiger partial charge on any atom is -0.367 e. The number of aryl methyl sites for hydroxylation is 2. The van der Waals surface area contributed by atoms with E-state index in [4.69, 9.17) is 4.52 Å². The van der Waals surface area contributed by atoms with Crippen molar-refractivity contribution in [2.24, 2.45) is 0 Å². The minimum absolute atomic E-state index is 0.203. The van der Waals surface area contributed by atoms with Gasteiger partial charge in [-0.25, -0.2) is 8.42 Å². The first-order valence-electron chi connectivity index (χ1n) is 11.7. The summed E-state index contributed by atoms with van der Waals surface area (Å²) in [6.45, 7) is 11.1. The fraction of sp³-hybridized carbons (Fsp3) is 0.565. The van der Waals surface area contributed by atoms with Gasteiger partial charge in [-0.3, -0.25) is 4.79 Å². The molecule has 0 bridgehead atoms. The maximum absolute atomic E-state index is 13.3. The second-order valence-electron chi connectivity index (χ2n) is 8.72. The highest BCUT2D eigenvalue weighted by Gasteiger charge is 2.28. The monoisotopic (exact) mass is 475 g/mol. The first-order chi connectivity index (χ1) is 15.8. The van der Waals surface area contributed by atoms with Crippen LogP contribution in [0, 0.1) is 13.8 Å². The average molecular weight is 476 g/mol. The van der Waals surface area contributed by atoms with E-state index >= 15 is 0 Å². The Morgan fingerprint density at radius 3 is 2.36 bits per heavy atom. The Hall–Kier alpha value is -2.43. The summed E-state index contributed by atoms with van der Waals surface area (Å²) in [6.07, 6.45) is 2.79. The molecule has 2 aliphatic rings. The lowest BCUT2D eigenvalue weighted by Gasteiger charge is -2.36. The molecular weight excluding hydrogens is 442 g/mol. The van der Waals surface area contributed by atoms with Crippen molar-refractivity contribution >= 4 is 27.3 Å². The van der Waals surface area contributed by atoms with Crippen molar-refractivity contribution < 1.29 is 17.7 Å². The molecular formula is C23H33N5O4S. The maximum Gasteiger partial charge on any atom is 0.261 e. The fourth-order valence-corrected chi connectivity index (χ4v) is 6.15. The molecule has 2 saturated heterocycles. The summed E-state index contributed by atoms with van der Waals surface area (Å²) in [4.78, 5) is 17.9. The van der Waals surface area contributed by atoms with Gasteiger partial charge in [0.1, 0.15) is 11.3 Å². The number of hydrogen-bond donors (Lipinski definition) is 1. The lowest BCUT2D eigenvalue weighted by molar-refractivity contribution is 0.102. The molecule has 4 rings (SSSR count). The summed E-state index contributed by atoms with van der Waals surface area (Å²) in [5, 5.41) is 6.83. The quantitative estimate of drug-likeness (QED) is 0.686. The zero-order chi connectivity index (χ0) is 23.6. The van der Waals surface area contributed by atoms with Crippen LogP contribution >= 0.6 is 0 Å². The first-order valence-corrected chi connectivity index (χ1v) is 13.1. The Morgan fingerprint density at radius 1 is 1.06 bits per heavy atom. The SMILES string of the molecule is CCN1CCN(c2ccc(S(=O)(=O)N3CCCCC3)cc2NC(=O)c2c(C)noc2C)CC1. The number of benzene rings is 1. The highest BCUT2D eigenvalue weighted by atomic mass is 32.2. The number of carbonyl (C=O) groups is 1. The molecule has 0 atom stereocenters. The molecule has 2 aliphatic heterocycles. The highest BCUT2D eigenvalue weighted by molar-refractivity contribution is 7.89. The molecule has 2 aromatic rings. The predicted molar refractivity (Wildman–Crippen MR) is 127 cm³/mol. The highest BCUT2D eigenvalue weighted by Crippen LogP contribution is 2.32. The Balaban J connectivity index is 1.68. The Kier molecular flexibility index (Phi) is 7.06. The van der Waals surface area contributed by atoms with Gasteiger partial charge in [0.2, 0.25) is 10.0 Å².